The molecule has 2 rings (SSSR count). The van der Waals surface area contributed by atoms with Gasteiger partial charge < -0.3 is 4.74 Å². The molecule has 138 valence electrons. The second kappa shape index (κ2) is 8.28. The van der Waals surface area contributed by atoms with Crippen LogP contribution in [0.4, 0.5) is 14.5 Å². The number of halogens is 2. The Bertz CT molecular complexity index is 817. The average Bonchev–Trinajstić information content (AvgIpc) is 3.05. The highest BCUT2D eigenvalue weighted by atomic mass is 19.1. The molecule has 0 saturated heterocycles. The maximum atomic E-state index is 13.9. The normalized spacial score (nSPS) is 11.8. The van der Waals surface area contributed by atoms with Gasteiger partial charge in [-0.2, -0.15) is 5.10 Å². The summed E-state index contributed by atoms with van der Waals surface area (Å²) in [6.45, 7) is 1.73. The Balaban J connectivity index is 2.37. The van der Waals surface area contributed by atoms with Crippen LogP contribution in [-0.2, 0) is 9.53 Å². The van der Waals surface area contributed by atoms with Gasteiger partial charge in [0, 0.05) is 6.42 Å². The number of hydrogen-bond donors (Lipinski definition) is 0. The lowest BCUT2D eigenvalue weighted by Gasteiger charge is -2.16. The number of ketones is 1. The van der Waals surface area contributed by atoms with Gasteiger partial charge >= 0.3 is 11.7 Å². The summed E-state index contributed by atoms with van der Waals surface area (Å²) in [4.78, 5) is 34.3. The van der Waals surface area contributed by atoms with Gasteiger partial charge in [-0.3, -0.25) is 24.4 Å². The van der Waals surface area contributed by atoms with Crippen molar-refractivity contribution in [2.75, 3.05) is 6.61 Å². The highest BCUT2D eigenvalue weighted by molar-refractivity contribution is 5.99. The fraction of sp³-hybridized carbons (Fsp3) is 0.312. The summed E-state index contributed by atoms with van der Waals surface area (Å²) in [5.41, 5.74) is -1.19. The summed E-state index contributed by atoms with van der Waals surface area (Å²) in [5.74, 6) is -3.74. The third-order valence-corrected chi connectivity index (χ3v) is 3.56. The zero-order valence-corrected chi connectivity index (χ0v) is 13.7. The highest BCUT2D eigenvalue weighted by Crippen LogP contribution is 2.25. The van der Waals surface area contributed by atoms with Crippen LogP contribution in [0.1, 0.15) is 36.2 Å². The molecule has 0 aliphatic heterocycles. The quantitative estimate of drug-likeness (QED) is 0.307. The third kappa shape index (κ3) is 4.26. The van der Waals surface area contributed by atoms with E-state index < -0.39 is 45.6 Å². The van der Waals surface area contributed by atoms with E-state index in [1.807, 2.05) is 0 Å². The van der Waals surface area contributed by atoms with Gasteiger partial charge in [-0.05, 0) is 25.5 Å². The third-order valence-electron chi connectivity index (χ3n) is 3.56. The number of esters is 1. The van der Waals surface area contributed by atoms with Gasteiger partial charge in [-0.1, -0.05) is 6.07 Å². The minimum Gasteiger partial charge on any atom is -0.466 e. The zero-order chi connectivity index (χ0) is 19.3. The van der Waals surface area contributed by atoms with Crippen molar-refractivity contribution in [3.63, 3.8) is 0 Å². The zero-order valence-electron chi connectivity index (χ0n) is 13.7. The highest BCUT2D eigenvalue weighted by Gasteiger charge is 2.29. The van der Waals surface area contributed by atoms with E-state index in [1.54, 1.807) is 6.92 Å². The van der Waals surface area contributed by atoms with Gasteiger partial charge in [-0.25, -0.2) is 8.78 Å². The van der Waals surface area contributed by atoms with Crippen molar-refractivity contribution in [3.8, 4) is 0 Å². The van der Waals surface area contributed by atoms with Gasteiger partial charge in [0.1, 0.15) is 30.1 Å². The summed E-state index contributed by atoms with van der Waals surface area (Å²) < 4.78 is 33.6. The molecule has 0 radical (unpaired) electrons. The number of nitrogens with zero attached hydrogens (tertiary/aromatic N) is 3. The van der Waals surface area contributed by atoms with Crippen molar-refractivity contribution < 1.29 is 28.0 Å². The van der Waals surface area contributed by atoms with Gasteiger partial charge in [0.15, 0.2) is 5.78 Å². The number of hydrogen-bond acceptors (Lipinski definition) is 6. The number of Topliss-reactive ketones (excluding diaryl/α,β-unsaturated/α-hetero) is 1. The molecule has 0 aliphatic rings. The smallest absolute Gasteiger partial charge is 0.307 e. The van der Waals surface area contributed by atoms with E-state index in [0.29, 0.717) is 0 Å². The molecule has 1 aromatic carbocycles. The predicted molar refractivity (Wildman–Crippen MR) is 84.5 cm³/mol. The SMILES string of the molecule is CCOC(=O)CCC(C(=O)c1c(F)cccc1F)n1cc([N+](=O)[O-])cn1. The summed E-state index contributed by atoms with van der Waals surface area (Å²) in [6.07, 6.45) is 1.45. The molecule has 10 heteroatoms. The molecule has 0 saturated carbocycles. The molecular weight excluding hydrogens is 352 g/mol. The number of aromatic nitrogens is 2. The van der Waals surface area contributed by atoms with Gasteiger partial charge in [0.2, 0.25) is 0 Å². The van der Waals surface area contributed by atoms with Crippen molar-refractivity contribution in [2.45, 2.75) is 25.8 Å². The molecule has 1 atom stereocenters. The number of carbonyl (C=O) groups is 2. The number of carbonyl (C=O) groups excluding carboxylic acids is 2. The predicted octanol–water partition coefficient (Wildman–Crippen LogP) is 2.84. The first-order chi connectivity index (χ1) is 12.3. The van der Waals surface area contributed by atoms with Crippen LogP contribution in [0.3, 0.4) is 0 Å². The average molecular weight is 367 g/mol. The first-order valence-electron chi connectivity index (χ1n) is 7.67. The standard InChI is InChI=1S/C16H15F2N3O5/c1-2-26-14(22)7-6-13(20-9-10(8-19-20)21(24)25)16(23)15-11(17)4-3-5-12(15)18/h3-5,8-9,13H,2,6-7H2,1H3. The second-order valence-corrected chi connectivity index (χ2v) is 5.26. The Hall–Kier alpha value is -3.17. The molecular formula is C16H15F2N3O5. The van der Waals surface area contributed by atoms with Crippen LogP contribution in [-0.4, -0.2) is 33.1 Å². The molecule has 0 fully saturated rings. The Morgan fingerprint density at radius 1 is 1.35 bits per heavy atom. The van der Waals surface area contributed by atoms with E-state index in [0.717, 1.165) is 35.3 Å². The molecule has 0 amide bonds. The second-order valence-electron chi connectivity index (χ2n) is 5.26. The van der Waals surface area contributed by atoms with Crippen molar-refractivity contribution in [2.24, 2.45) is 0 Å². The van der Waals surface area contributed by atoms with Crippen molar-refractivity contribution >= 4 is 17.4 Å². The van der Waals surface area contributed by atoms with Crippen LogP contribution in [0.15, 0.2) is 30.6 Å². The van der Waals surface area contributed by atoms with E-state index in [2.05, 4.69) is 5.10 Å². The molecule has 0 spiro atoms. The van der Waals surface area contributed by atoms with Crippen molar-refractivity contribution in [3.05, 3.63) is 57.9 Å². The summed E-state index contributed by atoms with van der Waals surface area (Å²) >= 11 is 0. The number of rotatable bonds is 8. The minimum absolute atomic E-state index is 0.132. The Labute approximate surface area is 146 Å². The molecule has 8 nitrogen and oxygen atoms in total. The molecule has 0 N–H and O–H groups in total. The van der Waals surface area contributed by atoms with Crippen LogP contribution in [0.2, 0.25) is 0 Å². The summed E-state index contributed by atoms with van der Waals surface area (Å²) in [7, 11) is 0. The topological polar surface area (TPSA) is 104 Å². The number of benzene rings is 1. The minimum atomic E-state index is -1.31. The largest absolute Gasteiger partial charge is 0.466 e. The lowest BCUT2D eigenvalue weighted by molar-refractivity contribution is -0.385. The van der Waals surface area contributed by atoms with E-state index >= 15 is 0 Å². The molecule has 1 unspecified atom stereocenters. The molecule has 1 heterocycles. The van der Waals surface area contributed by atoms with E-state index in [9.17, 15) is 28.5 Å². The van der Waals surface area contributed by atoms with Crippen LogP contribution < -0.4 is 0 Å². The van der Waals surface area contributed by atoms with E-state index in [4.69, 9.17) is 4.74 Å². The first-order valence-corrected chi connectivity index (χ1v) is 7.67. The van der Waals surface area contributed by atoms with Crippen molar-refractivity contribution in [1.82, 2.24) is 9.78 Å². The number of nitro groups is 1. The lowest BCUT2D eigenvalue weighted by atomic mass is 9.99. The molecule has 0 bridgehead atoms. The summed E-state index contributed by atoms with van der Waals surface area (Å²) in [5, 5.41) is 14.5. The van der Waals surface area contributed by atoms with Gasteiger partial charge in [0.25, 0.3) is 0 Å². The van der Waals surface area contributed by atoms with E-state index in [-0.39, 0.29) is 19.4 Å². The van der Waals surface area contributed by atoms with Crippen LogP contribution in [0.5, 0.6) is 0 Å². The maximum Gasteiger partial charge on any atom is 0.307 e. The molecule has 0 aliphatic carbocycles. The fourth-order valence-corrected chi connectivity index (χ4v) is 2.36. The molecule has 1 aromatic heterocycles. The van der Waals surface area contributed by atoms with E-state index in [1.165, 1.54) is 0 Å². The van der Waals surface area contributed by atoms with Gasteiger partial charge in [-0.15, -0.1) is 0 Å². The Morgan fingerprint density at radius 3 is 2.54 bits per heavy atom. The maximum absolute atomic E-state index is 13.9. The fourth-order valence-electron chi connectivity index (χ4n) is 2.36. The van der Waals surface area contributed by atoms with Crippen LogP contribution >= 0.6 is 0 Å². The monoisotopic (exact) mass is 367 g/mol. The Kier molecular flexibility index (Phi) is 6.10. The lowest BCUT2D eigenvalue weighted by Crippen LogP contribution is -2.23. The van der Waals surface area contributed by atoms with Gasteiger partial charge in [0.05, 0.1) is 17.1 Å². The van der Waals surface area contributed by atoms with Crippen LogP contribution in [0.25, 0.3) is 0 Å². The first kappa shape index (κ1) is 19.2. The molecule has 2 aromatic rings. The number of ether oxygens (including phenoxy) is 1. The summed E-state index contributed by atoms with van der Waals surface area (Å²) in [6, 6.07) is 1.64. The van der Waals surface area contributed by atoms with Crippen molar-refractivity contribution in [1.29, 1.82) is 0 Å². The molecule has 26 heavy (non-hydrogen) atoms. The Morgan fingerprint density at radius 2 is 2.00 bits per heavy atom. The van der Waals surface area contributed by atoms with Crippen LogP contribution in [0, 0.1) is 21.7 Å².